The smallest absolute Gasteiger partial charge is 0.211 e. The van der Waals surface area contributed by atoms with Gasteiger partial charge in [0.25, 0.3) is 0 Å². The number of thiazole rings is 1. The maximum absolute atomic E-state index is 4.89. The van der Waals surface area contributed by atoms with E-state index in [9.17, 15) is 0 Å². The van der Waals surface area contributed by atoms with Gasteiger partial charge in [-0.05, 0) is 30.7 Å². The minimum Gasteiger partial charge on any atom is -0.255 e. The van der Waals surface area contributed by atoms with Gasteiger partial charge in [0, 0.05) is 18.0 Å². The largest absolute Gasteiger partial charge is 0.255 e. The number of benzene rings is 2. The van der Waals surface area contributed by atoms with Crippen molar-refractivity contribution in [3.05, 3.63) is 96.8 Å². The predicted octanol–water partition coefficient (Wildman–Crippen LogP) is 6.03. The van der Waals surface area contributed by atoms with Crippen molar-refractivity contribution in [1.29, 1.82) is 0 Å². The maximum Gasteiger partial charge on any atom is 0.211 e. The lowest BCUT2D eigenvalue weighted by Gasteiger charge is -2.02. The molecule has 5 aromatic rings. The van der Waals surface area contributed by atoms with Crippen LogP contribution in [0.25, 0.3) is 38.2 Å². The van der Waals surface area contributed by atoms with Gasteiger partial charge in [-0.1, -0.05) is 77.6 Å². The molecule has 5 heteroatoms. The van der Waals surface area contributed by atoms with Gasteiger partial charge in [0.1, 0.15) is 0 Å². The van der Waals surface area contributed by atoms with Crippen LogP contribution in [-0.2, 0) is 0 Å². The standard InChI is InChI=1S/C24H18N4S/c1-17-10-12-18(13-11-17)21-15-22(20-9-5-6-14-25-20)28(27-21)24-26-16-23(29-24)19-7-3-2-4-8-19/h2-16H,1H3. The first-order valence-corrected chi connectivity index (χ1v) is 10.2. The Bertz CT molecular complexity index is 1240. The van der Waals surface area contributed by atoms with Gasteiger partial charge < -0.3 is 0 Å². The highest BCUT2D eigenvalue weighted by Crippen LogP contribution is 2.32. The Morgan fingerprint density at radius 3 is 2.31 bits per heavy atom. The van der Waals surface area contributed by atoms with Gasteiger partial charge in [-0.25, -0.2) is 9.67 Å². The summed E-state index contributed by atoms with van der Waals surface area (Å²) in [5, 5.41) is 5.71. The molecule has 29 heavy (non-hydrogen) atoms. The molecule has 4 nitrogen and oxygen atoms in total. The lowest BCUT2D eigenvalue weighted by atomic mass is 10.1. The van der Waals surface area contributed by atoms with E-state index in [1.807, 2.05) is 47.3 Å². The van der Waals surface area contributed by atoms with Crippen molar-refractivity contribution in [2.45, 2.75) is 6.92 Å². The minimum absolute atomic E-state index is 0.822. The molecule has 0 saturated carbocycles. The molecule has 0 unspecified atom stereocenters. The summed E-state index contributed by atoms with van der Waals surface area (Å²) in [6.45, 7) is 2.09. The fourth-order valence-corrected chi connectivity index (χ4v) is 4.07. The molecule has 0 aliphatic carbocycles. The molecule has 3 aromatic heterocycles. The zero-order valence-electron chi connectivity index (χ0n) is 15.9. The molecule has 0 saturated heterocycles. The Morgan fingerprint density at radius 1 is 0.759 bits per heavy atom. The first kappa shape index (κ1) is 17.5. The number of nitrogens with zero attached hydrogens (tertiary/aromatic N) is 4. The third kappa shape index (κ3) is 3.48. The SMILES string of the molecule is Cc1ccc(-c2cc(-c3ccccn3)n(-c3ncc(-c4ccccc4)s3)n2)cc1. The van der Waals surface area contributed by atoms with Gasteiger partial charge in [-0.2, -0.15) is 5.10 Å². The topological polar surface area (TPSA) is 43.6 Å². The van der Waals surface area contributed by atoms with Crippen molar-refractivity contribution in [2.75, 3.05) is 0 Å². The summed E-state index contributed by atoms with van der Waals surface area (Å²) in [4.78, 5) is 10.3. The summed E-state index contributed by atoms with van der Waals surface area (Å²) in [6.07, 6.45) is 3.71. The zero-order valence-corrected chi connectivity index (χ0v) is 16.7. The van der Waals surface area contributed by atoms with E-state index < -0.39 is 0 Å². The van der Waals surface area contributed by atoms with Crippen LogP contribution in [0.15, 0.2) is 91.3 Å². The molecule has 0 N–H and O–H groups in total. The molecule has 0 aliphatic heterocycles. The van der Waals surface area contributed by atoms with E-state index >= 15 is 0 Å². The average Bonchev–Trinajstić information content (AvgIpc) is 3.43. The van der Waals surface area contributed by atoms with Gasteiger partial charge in [0.2, 0.25) is 5.13 Å². The van der Waals surface area contributed by atoms with Gasteiger partial charge in [0.05, 0.1) is 22.0 Å². The third-order valence-electron chi connectivity index (χ3n) is 4.72. The molecule has 2 aromatic carbocycles. The van der Waals surface area contributed by atoms with Crippen molar-refractivity contribution in [2.24, 2.45) is 0 Å². The second-order valence-corrected chi connectivity index (χ2v) is 7.79. The van der Waals surface area contributed by atoms with Crippen molar-refractivity contribution in [3.8, 4) is 38.2 Å². The summed E-state index contributed by atoms with van der Waals surface area (Å²) < 4.78 is 1.90. The van der Waals surface area contributed by atoms with E-state index in [-0.39, 0.29) is 0 Å². The summed E-state index contributed by atoms with van der Waals surface area (Å²) >= 11 is 1.62. The van der Waals surface area contributed by atoms with E-state index in [4.69, 9.17) is 5.10 Å². The molecule has 0 spiro atoms. The fraction of sp³-hybridized carbons (Fsp3) is 0.0417. The van der Waals surface area contributed by atoms with Gasteiger partial charge in [0.15, 0.2) is 0 Å². The number of pyridine rings is 1. The second-order valence-electron chi connectivity index (χ2n) is 6.78. The number of aryl methyl sites for hydroxylation is 1. The Hall–Kier alpha value is -3.57. The molecule has 0 fully saturated rings. The average molecular weight is 395 g/mol. The molecule has 5 rings (SSSR count). The Labute approximate surface area is 173 Å². The lowest BCUT2D eigenvalue weighted by molar-refractivity contribution is 0.877. The van der Waals surface area contributed by atoms with Crippen LogP contribution in [-0.4, -0.2) is 19.7 Å². The highest BCUT2D eigenvalue weighted by atomic mass is 32.1. The van der Waals surface area contributed by atoms with Crippen LogP contribution in [0, 0.1) is 6.92 Å². The molecule has 0 amide bonds. The molecule has 3 heterocycles. The van der Waals surface area contributed by atoms with Crippen LogP contribution in [0.3, 0.4) is 0 Å². The van der Waals surface area contributed by atoms with Gasteiger partial charge >= 0.3 is 0 Å². The summed E-state index contributed by atoms with van der Waals surface area (Å²) in [5.41, 5.74) is 6.16. The third-order valence-corrected chi connectivity index (χ3v) is 5.74. The van der Waals surface area contributed by atoms with Crippen LogP contribution in [0.1, 0.15) is 5.56 Å². The minimum atomic E-state index is 0.822. The molecular formula is C24H18N4S. The molecule has 0 radical (unpaired) electrons. The van der Waals surface area contributed by atoms with Crippen molar-refractivity contribution < 1.29 is 0 Å². The molecule has 0 aliphatic rings. The van der Waals surface area contributed by atoms with E-state index in [2.05, 4.69) is 59.4 Å². The first-order chi connectivity index (χ1) is 14.3. The number of hydrogen-bond donors (Lipinski definition) is 0. The summed E-state index contributed by atoms with van der Waals surface area (Å²) in [5.74, 6) is 0. The van der Waals surface area contributed by atoms with Crippen molar-refractivity contribution in [3.63, 3.8) is 0 Å². The highest BCUT2D eigenvalue weighted by Gasteiger charge is 2.16. The van der Waals surface area contributed by atoms with Gasteiger partial charge in [-0.3, -0.25) is 4.98 Å². The molecule has 140 valence electrons. The Balaban J connectivity index is 1.63. The summed E-state index contributed by atoms with van der Waals surface area (Å²) in [6, 6.07) is 26.7. The van der Waals surface area contributed by atoms with Crippen LogP contribution >= 0.6 is 11.3 Å². The van der Waals surface area contributed by atoms with Crippen LogP contribution < -0.4 is 0 Å². The maximum atomic E-state index is 4.89. The second kappa shape index (κ2) is 7.45. The van der Waals surface area contributed by atoms with E-state index in [0.29, 0.717) is 0 Å². The fourth-order valence-electron chi connectivity index (χ4n) is 3.19. The van der Waals surface area contributed by atoms with Crippen molar-refractivity contribution in [1.82, 2.24) is 19.7 Å². The van der Waals surface area contributed by atoms with Gasteiger partial charge in [-0.15, -0.1) is 0 Å². The lowest BCUT2D eigenvalue weighted by Crippen LogP contribution is -1.99. The number of rotatable bonds is 4. The van der Waals surface area contributed by atoms with Crippen LogP contribution in [0.2, 0.25) is 0 Å². The highest BCUT2D eigenvalue weighted by molar-refractivity contribution is 7.17. The van der Waals surface area contributed by atoms with Crippen molar-refractivity contribution >= 4 is 11.3 Å². The van der Waals surface area contributed by atoms with E-state index in [1.54, 1.807) is 17.5 Å². The molecule has 0 atom stereocenters. The van der Waals surface area contributed by atoms with E-state index in [1.165, 1.54) is 5.56 Å². The van der Waals surface area contributed by atoms with Crippen LogP contribution in [0.5, 0.6) is 0 Å². The number of aromatic nitrogens is 4. The normalized spacial score (nSPS) is 10.9. The predicted molar refractivity (Wildman–Crippen MR) is 118 cm³/mol. The number of hydrogen-bond acceptors (Lipinski definition) is 4. The van der Waals surface area contributed by atoms with E-state index in [0.717, 1.165) is 38.2 Å². The monoisotopic (exact) mass is 394 g/mol. The Kier molecular flexibility index (Phi) is 4.50. The quantitative estimate of drug-likeness (QED) is 0.374. The Morgan fingerprint density at radius 2 is 1.55 bits per heavy atom. The summed E-state index contributed by atoms with van der Waals surface area (Å²) in [7, 11) is 0. The zero-order chi connectivity index (χ0) is 19.6. The first-order valence-electron chi connectivity index (χ1n) is 9.38. The van der Waals surface area contributed by atoms with Crippen LogP contribution in [0.4, 0.5) is 0 Å². The molecular weight excluding hydrogens is 376 g/mol. The molecule has 0 bridgehead atoms.